The van der Waals surface area contributed by atoms with E-state index in [1.807, 2.05) is 6.92 Å². The Morgan fingerprint density at radius 1 is 1.30 bits per heavy atom. The van der Waals surface area contributed by atoms with Gasteiger partial charge in [-0.15, -0.1) is 0 Å². The minimum Gasteiger partial charge on any atom is -0.466 e. The molecule has 1 aliphatic rings. The molecule has 0 bridgehead atoms. The molecule has 0 spiro atoms. The molecule has 1 aliphatic carbocycles. The van der Waals surface area contributed by atoms with Crippen LogP contribution >= 0.6 is 0 Å². The van der Waals surface area contributed by atoms with Crippen LogP contribution < -0.4 is 5.32 Å². The summed E-state index contributed by atoms with van der Waals surface area (Å²) in [7, 11) is 0. The zero-order valence-electron chi connectivity index (χ0n) is 12.5. The monoisotopic (exact) mass is 275 g/mol. The summed E-state index contributed by atoms with van der Waals surface area (Å²) in [5, 5.41) is 3.58. The van der Waals surface area contributed by atoms with E-state index < -0.39 is 0 Å². The molecule has 3 nitrogen and oxygen atoms in total. The number of ether oxygens (including phenoxy) is 1. The van der Waals surface area contributed by atoms with Gasteiger partial charge >= 0.3 is 5.97 Å². The van der Waals surface area contributed by atoms with Gasteiger partial charge in [0.25, 0.3) is 0 Å². The van der Waals surface area contributed by atoms with Crippen molar-refractivity contribution < 1.29 is 9.53 Å². The van der Waals surface area contributed by atoms with Crippen molar-refractivity contribution in [2.75, 3.05) is 6.61 Å². The Labute approximate surface area is 121 Å². The summed E-state index contributed by atoms with van der Waals surface area (Å²) < 4.78 is 5.14. The molecule has 1 saturated carbocycles. The van der Waals surface area contributed by atoms with E-state index in [1.54, 1.807) is 0 Å². The number of carbonyl (C=O) groups is 1. The fourth-order valence-electron chi connectivity index (χ4n) is 2.82. The molecule has 1 N–H and O–H groups in total. The first-order valence-corrected chi connectivity index (χ1v) is 7.64. The Morgan fingerprint density at radius 2 is 2.05 bits per heavy atom. The van der Waals surface area contributed by atoms with Crippen molar-refractivity contribution in [2.45, 2.75) is 52.1 Å². The Bertz CT molecular complexity index is 427. The van der Waals surface area contributed by atoms with Crippen LogP contribution in [0, 0.1) is 12.8 Å². The number of benzene rings is 1. The average Bonchev–Trinajstić information content (AvgIpc) is 2.47. The van der Waals surface area contributed by atoms with Gasteiger partial charge in [0, 0.05) is 12.6 Å². The molecular weight excluding hydrogens is 250 g/mol. The van der Waals surface area contributed by atoms with Gasteiger partial charge in [-0.3, -0.25) is 4.79 Å². The zero-order valence-corrected chi connectivity index (χ0v) is 12.5. The third-order valence-corrected chi connectivity index (χ3v) is 4.01. The number of hydrogen-bond acceptors (Lipinski definition) is 3. The Hall–Kier alpha value is -1.35. The average molecular weight is 275 g/mol. The number of aryl methyl sites for hydroxylation is 1. The summed E-state index contributed by atoms with van der Waals surface area (Å²) >= 11 is 0. The number of nitrogens with one attached hydrogen (secondary N) is 1. The van der Waals surface area contributed by atoms with Crippen molar-refractivity contribution >= 4 is 5.97 Å². The van der Waals surface area contributed by atoms with Gasteiger partial charge in [0.05, 0.1) is 12.5 Å². The first-order valence-electron chi connectivity index (χ1n) is 7.64. The first-order chi connectivity index (χ1) is 9.69. The molecule has 3 heteroatoms. The van der Waals surface area contributed by atoms with Crippen molar-refractivity contribution in [3.8, 4) is 0 Å². The lowest BCUT2D eigenvalue weighted by atomic mass is 9.85. The highest BCUT2D eigenvalue weighted by atomic mass is 16.5. The minimum absolute atomic E-state index is 0.0191. The molecular formula is C17H25NO2. The molecule has 0 amide bonds. The van der Waals surface area contributed by atoms with Crippen LogP contribution in [-0.2, 0) is 16.1 Å². The van der Waals surface area contributed by atoms with E-state index in [9.17, 15) is 4.79 Å². The molecule has 2 rings (SSSR count). The Morgan fingerprint density at radius 3 is 2.75 bits per heavy atom. The van der Waals surface area contributed by atoms with Crippen molar-refractivity contribution in [1.82, 2.24) is 5.32 Å². The highest BCUT2D eigenvalue weighted by Gasteiger charge is 2.27. The maximum Gasteiger partial charge on any atom is 0.308 e. The molecule has 0 radical (unpaired) electrons. The van der Waals surface area contributed by atoms with Crippen molar-refractivity contribution in [3.05, 3.63) is 35.4 Å². The highest BCUT2D eigenvalue weighted by molar-refractivity contribution is 5.72. The van der Waals surface area contributed by atoms with E-state index in [-0.39, 0.29) is 11.9 Å². The lowest BCUT2D eigenvalue weighted by Crippen LogP contribution is -2.36. The number of rotatable bonds is 5. The van der Waals surface area contributed by atoms with Crippen LogP contribution in [0.1, 0.15) is 43.7 Å². The van der Waals surface area contributed by atoms with Gasteiger partial charge < -0.3 is 10.1 Å². The molecule has 0 heterocycles. The molecule has 20 heavy (non-hydrogen) atoms. The SMILES string of the molecule is CCOC(=O)C1CCCC(NCc2ccc(C)cc2)C1. The van der Waals surface area contributed by atoms with Crippen LogP contribution in [0.4, 0.5) is 0 Å². The molecule has 1 aromatic carbocycles. The second-order valence-corrected chi connectivity index (χ2v) is 5.68. The van der Waals surface area contributed by atoms with Crippen molar-refractivity contribution in [1.29, 1.82) is 0 Å². The second-order valence-electron chi connectivity index (χ2n) is 5.68. The van der Waals surface area contributed by atoms with Crippen LogP contribution in [0.5, 0.6) is 0 Å². The molecule has 0 aromatic heterocycles. The van der Waals surface area contributed by atoms with E-state index >= 15 is 0 Å². The number of esters is 1. The maximum absolute atomic E-state index is 11.8. The van der Waals surface area contributed by atoms with E-state index in [0.717, 1.165) is 32.2 Å². The molecule has 2 atom stereocenters. The van der Waals surface area contributed by atoms with Crippen LogP contribution in [0.3, 0.4) is 0 Å². The minimum atomic E-state index is -0.0191. The van der Waals surface area contributed by atoms with E-state index in [2.05, 4.69) is 36.5 Å². The predicted octanol–water partition coefficient (Wildman–Crippen LogP) is 3.21. The van der Waals surface area contributed by atoms with E-state index in [4.69, 9.17) is 4.74 Å². The number of hydrogen-bond donors (Lipinski definition) is 1. The van der Waals surface area contributed by atoms with Gasteiger partial charge in [0.2, 0.25) is 0 Å². The van der Waals surface area contributed by atoms with Crippen molar-refractivity contribution in [2.24, 2.45) is 5.92 Å². The summed E-state index contributed by atoms with van der Waals surface area (Å²) in [4.78, 5) is 11.8. The maximum atomic E-state index is 11.8. The Kier molecular flexibility index (Phi) is 5.60. The van der Waals surface area contributed by atoms with Crippen LogP contribution in [-0.4, -0.2) is 18.6 Å². The van der Waals surface area contributed by atoms with E-state index in [1.165, 1.54) is 11.1 Å². The van der Waals surface area contributed by atoms with Crippen molar-refractivity contribution in [3.63, 3.8) is 0 Å². The predicted molar refractivity (Wildman–Crippen MR) is 80.4 cm³/mol. The fraction of sp³-hybridized carbons (Fsp3) is 0.588. The molecule has 2 unspecified atom stereocenters. The topological polar surface area (TPSA) is 38.3 Å². The van der Waals surface area contributed by atoms with Gasteiger partial charge in [-0.05, 0) is 38.7 Å². The normalized spacial score (nSPS) is 22.5. The summed E-state index contributed by atoms with van der Waals surface area (Å²) in [6, 6.07) is 9.03. The lowest BCUT2D eigenvalue weighted by Gasteiger charge is -2.28. The molecule has 110 valence electrons. The third-order valence-electron chi connectivity index (χ3n) is 4.01. The lowest BCUT2D eigenvalue weighted by molar-refractivity contribution is -0.149. The number of carbonyl (C=O) groups excluding carboxylic acids is 1. The van der Waals surface area contributed by atoms with Crippen LogP contribution in [0.15, 0.2) is 24.3 Å². The second kappa shape index (κ2) is 7.44. The smallest absolute Gasteiger partial charge is 0.308 e. The van der Waals surface area contributed by atoms with Crippen LogP contribution in [0.25, 0.3) is 0 Å². The largest absolute Gasteiger partial charge is 0.466 e. The van der Waals surface area contributed by atoms with Gasteiger partial charge in [0.15, 0.2) is 0 Å². The molecule has 1 fully saturated rings. The van der Waals surface area contributed by atoms with Gasteiger partial charge in [0.1, 0.15) is 0 Å². The van der Waals surface area contributed by atoms with Gasteiger partial charge in [-0.25, -0.2) is 0 Å². The third kappa shape index (κ3) is 4.34. The highest BCUT2D eigenvalue weighted by Crippen LogP contribution is 2.25. The van der Waals surface area contributed by atoms with Gasteiger partial charge in [-0.2, -0.15) is 0 Å². The van der Waals surface area contributed by atoms with Gasteiger partial charge in [-0.1, -0.05) is 36.2 Å². The quantitative estimate of drug-likeness (QED) is 0.839. The van der Waals surface area contributed by atoms with Crippen LogP contribution in [0.2, 0.25) is 0 Å². The van der Waals surface area contributed by atoms with E-state index in [0.29, 0.717) is 12.6 Å². The fourth-order valence-corrected chi connectivity index (χ4v) is 2.82. The summed E-state index contributed by atoms with van der Waals surface area (Å²) in [6.07, 6.45) is 4.14. The molecule has 1 aromatic rings. The molecule has 0 aliphatic heterocycles. The molecule has 0 saturated heterocycles. The summed E-state index contributed by atoms with van der Waals surface area (Å²) in [6.45, 7) is 5.33. The zero-order chi connectivity index (χ0) is 14.4. The Balaban J connectivity index is 1.80. The summed E-state index contributed by atoms with van der Waals surface area (Å²) in [5.41, 5.74) is 2.59. The first kappa shape index (κ1) is 15.0. The summed E-state index contributed by atoms with van der Waals surface area (Å²) in [5.74, 6) is 0.0635. The standard InChI is InChI=1S/C17H25NO2/c1-3-20-17(19)15-5-4-6-16(11-15)18-12-14-9-7-13(2)8-10-14/h7-10,15-16,18H,3-6,11-12H2,1-2H3.